The molecule has 23 heavy (non-hydrogen) atoms. The van der Waals surface area contributed by atoms with Crippen molar-refractivity contribution in [1.82, 2.24) is 4.90 Å². The highest BCUT2D eigenvalue weighted by Crippen LogP contribution is 2.34. The van der Waals surface area contributed by atoms with E-state index >= 15 is 0 Å². The van der Waals surface area contributed by atoms with Gasteiger partial charge in [0.2, 0.25) is 0 Å². The van der Waals surface area contributed by atoms with Crippen molar-refractivity contribution in [3.8, 4) is 5.75 Å². The number of ether oxygens (including phenoxy) is 1. The zero-order valence-electron chi connectivity index (χ0n) is 14.3. The maximum absolute atomic E-state index is 10.9. The molecule has 0 aliphatic carbocycles. The van der Waals surface area contributed by atoms with E-state index in [2.05, 4.69) is 11.8 Å². The summed E-state index contributed by atoms with van der Waals surface area (Å²) in [6, 6.07) is 7.72. The van der Waals surface area contributed by atoms with E-state index < -0.39 is 13.4 Å². The lowest BCUT2D eigenvalue weighted by Crippen LogP contribution is -2.38. The molecule has 0 radical (unpaired) electrons. The van der Waals surface area contributed by atoms with Gasteiger partial charge in [-0.15, -0.1) is 0 Å². The van der Waals surface area contributed by atoms with Crippen molar-refractivity contribution >= 4 is 7.82 Å². The number of rotatable bonds is 6. The summed E-state index contributed by atoms with van der Waals surface area (Å²) in [7, 11) is 1.06. The first-order chi connectivity index (χ1) is 10.4. The number of methoxy groups -OCH3 is 1. The molecule has 8 heteroatoms. The third-order valence-corrected chi connectivity index (χ3v) is 3.56. The molecule has 1 aromatic rings. The summed E-state index contributed by atoms with van der Waals surface area (Å²) in [6.45, 7) is 4.95. The summed E-state index contributed by atoms with van der Waals surface area (Å²) in [4.78, 5) is 23.7. The Hall–Kier alpha value is -0.950. The fourth-order valence-electron chi connectivity index (χ4n) is 2.43. The Morgan fingerprint density at radius 3 is 2.22 bits per heavy atom. The van der Waals surface area contributed by atoms with Crippen LogP contribution in [0.15, 0.2) is 24.3 Å². The van der Waals surface area contributed by atoms with Crippen LogP contribution in [0, 0.1) is 5.92 Å². The zero-order valence-corrected chi connectivity index (χ0v) is 15.2. The van der Waals surface area contributed by atoms with Crippen molar-refractivity contribution in [3.05, 3.63) is 29.8 Å². The van der Waals surface area contributed by atoms with Gasteiger partial charge in [-0.3, -0.25) is 0 Å². The second-order valence-electron chi connectivity index (χ2n) is 5.69. The first-order valence-electron chi connectivity index (χ1n) is 7.24. The Morgan fingerprint density at radius 2 is 1.83 bits per heavy atom. The molecule has 7 nitrogen and oxygen atoms in total. The molecule has 1 rings (SSSR count). The topological polar surface area (TPSA) is 110 Å². The number of hydrogen-bond acceptors (Lipinski definition) is 4. The Labute approximate surface area is 137 Å². The SMILES string of the molecule is CC[C@](O)(c1cccc(OC)c1)[C@@H](C)CN(C)C.O=P(O)(O)O. The van der Waals surface area contributed by atoms with Crippen LogP contribution in [-0.4, -0.2) is 52.4 Å². The van der Waals surface area contributed by atoms with Crippen molar-refractivity contribution in [1.29, 1.82) is 0 Å². The van der Waals surface area contributed by atoms with E-state index in [1.54, 1.807) is 7.11 Å². The molecule has 4 N–H and O–H groups in total. The molecule has 0 heterocycles. The molecule has 0 bridgehead atoms. The van der Waals surface area contributed by atoms with Gasteiger partial charge in [0.1, 0.15) is 5.75 Å². The molecule has 0 aliphatic rings. The summed E-state index contributed by atoms with van der Waals surface area (Å²) in [6.07, 6.45) is 0.690. The lowest BCUT2D eigenvalue weighted by Gasteiger charge is -2.35. The van der Waals surface area contributed by atoms with E-state index in [9.17, 15) is 5.11 Å². The monoisotopic (exact) mass is 349 g/mol. The Balaban J connectivity index is 0.000000841. The van der Waals surface area contributed by atoms with Crippen molar-refractivity contribution in [2.24, 2.45) is 5.92 Å². The third-order valence-electron chi connectivity index (χ3n) is 3.56. The lowest BCUT2D eigenvalue weighted by atomic mass is 9.80. The van der Waals surface area contributed by atoms with E-state index in [0.29, 0.717) is 6.42 Å². The van der Waals surface area contributed by atoms with Gasteiger partial charge in [0.05, 0.1) is 12.7 Å². The van der Waals surface area contributed by atoms with Gasteiger partial charge in [-0.25, -0.2) is 4.57 Å². The summed E-state index contributed by atoms with van der Waals surface area (Å²) < 4.78 is 14.1. The summed E-state index contributed by atoms with van der Waals surface area (Å²) in [5.74, 6) is 0.945. The highest BCUT2D eigenvalue weighted by Gasteiger charge is 2.34. The van der Waals surface area contributed by atoms with E-state index in [1.807, 2.05) is 45.3 Å². The molecule has 0 fully saturated rings. The number of nitrogens with zero attached hydrogens (tertiary/aromatic N) is 1. The van der Waals surface area contributed by atoms with Crippen molar-refractivity contribution < 1.29 is 29.1 Å². The number of hydrogen-bond donors (Lipinski definition) is 4. The summed E-state index contributed by atoms with van der Waals surface area (Å²) in [5, 5.41) is 10.9. The van der Waals surface area contributed by atoms with Gasteiger partial charge in [-0.05, 0) is 38.2 Å². The Kier molecular flexibility index (Phi) is 8.98. The van der Waals surface area contributed by atoms with Crippen LogP contribution in [0.2, 0.25) is 0 Å². The quantitative estimate of drug-likeness (QED) is 0.577. The van der Waals surface area contributed by atoms with Crippen LogP contribution in [0.4, 0.5) is 0 Å². The number of benzene rings is 1. The average molecular weight is 349 g/mol. The van der Waals surface area contributed by atoms with Crippen LogP contribution in [-0.2, 0) is 10.2 Å². The van der Waals surface area contributed by atoms with Crippen molar-refractivity contribution in [2.75, 3.05) is 27.7 Å². The van der Waals surface area contributed by atoms with Crippen LogP contribution in [0.25, 0.3) is 0 Å². The molecule has 0 saturated carbocycles. The molecule has 0 aliphatic heterocycles. The van der Waals surface area contributed by atoms with Crippen molar-refractivity contribution in [3.63, 3.8) is 0 Å². The Bertz CT molecular complexity index is 510. The molecule has 2 atom stereocenters. The van der Waals surface area contributed by atoms with Crippen LogP contribution in [0.5, 0.6) is 5.75 Å². The fourth-order valence-corrected chi connectivity index (χ4v) is 2.43. The van der Waals surface area contributed by atoms with Crippen LogP contribution >= 0.6 is 7.82 Å². The minimum atomic E-state index is -4.64. The van der Waals surface area contributed by atoms with Gasteiger partial charge < -0.3 is 29.4 Å². The van der Waals surface area contributed by atoms with E-state index in [1.165, 1.54) is 0 Å². The van der Waals surface area contributed by atoms with Gasteiger partial charge in [0.25, 0.3) is 0 Å². The van der Waals surface area contributed by atoms with Crippen LogP contribution in [0.3, 0.4) is 0 Å². The normalized spacial score (nSPS) is 15.4. The molecule has 0 unspecified atom stereocenters. The molecule has 134 valence electrons. The van der Waals surface area contributed by atoms with Gasteiger partial charge in [-0.2, -0.15) is 0 Å². The third kappa shape index (κ3) is 8.46. The molecule has 0 saturated heterocycles. The zero-order chi connectivity index (χ0) is 18.3. The largest absolute Gasteiger partial charge is 0.497 e. The highest BCUT2D eigenvalue weighted by atomic mass is 31.2. The van der Waals surface area contributed by atoms with Crippen LogP contribution < -0.4 is 4.74 Å². The smallest absolute Gasteiger partial charge is 0.466 e. The van der Waals surface area contributed by atoms with E-state index in [-0.39, 0.29) is 5.92 Å². The predicted octanol–water partition coefficient (Wildman–Crippen LogP) is 1.56. The van der Waals surface area contributed by atoms with E-state index in [4.69, 9.17) is 24.0 Å². The van der Waals surface area contributed by atoms with Crippen molar-refractivity contribution in [2.45, 2.75) is 25.9 Å². The molecule has 0 spiro atoms. The maximum Gasteiger partial charge on any atom is 0.466 e. The van der Waals surface area contributed by atoms with Gasteiger partial charge >= 0.3 is 7.82 Å². The summed E-state index contributed by atoms with van der Waals surface area (Å²) >= 11 is 0. The first-order valence-corrected chi connectivity index (χ1v) is 8.80. The van der Waals surface area contributed by atoms with Gasteiger partial charge in [0, 0.05) is 12.5 Å². The number of phosphoric acid groups is 1. The second kappa shape index (κ2) is 9.37. The maximum atomic E-state index is 10.9. The van der Waals surface area contributed by atoms with Crippen LogP contribution in [0.1, 0.15) is 25.8 Å². The highest BCUT2D eigenvalue weighted by molar-refractivity contribution is 7.45. The fraction of sp³-hybridized carbons (Fsp3) is 0.600. The molecular weight excluding hydrogens is 321 g/mol. The molecule has 0 amide bonds. The second-order valence-corrected chi connectivity index (χ2v) is 6.71. The summed E-state index contributed by atoms with van der Waals surface area (Å²) in [5.41, 5.74) is 0.123. The van der Waals surface area contributed by atoms with Gasteiger partial charge in [-0.1, -0.05) is 26.0 Å². The van der Waals surface area contributed by atoms with Gasteiger partial charge in [0.15, 0.2) is 0 Å². The average Bonchev–Trinajstić information content (AvgIpc) is 2.43. The Morgan fingerprint density at radius 1 is 1.30 bits per heavy atom. The lowest BCUT2D eigenvalue weighted by molar-refractivity contribution is -0.0293. The minimum absolute atomic E-state index is 0.157. The standard InChI is InChI=1S/C15H25NO2.H3O4P/c1-6-15(17,12(2)11-16(3)4)13-8-7-9-14(10-13)18-5;1-5(2,3)4/h7-10,12,17H,6,11H2,1-5H3;(H3,1,2,3,4)/t12-,15+;/m0./s1. The molecular formula is C15H28NO6P. The van der Waals surface area contributed by atoms with E-state index in [0.717, 1.165) is 17.9 Å². The predicted molar refractivity (Wildman–Crippen MR) is 89.2 cm³/mol. The molecule has 0 aromatic heterocycles. The number of aliphatic hydroxyl groups is 1. The minimum Gasteiger partial charge on any atom is -0.497 e. The molecule has 1 aromatic carbocycles. The first kappa shape index (κ1) is 22.1.